The van der Waals surface area contributed by atoms with Crippen LogP contribution in [0.5, 0.6) is 11.5 Å². The molecule has 0 heterocycles. The molecule has 0 radical (unpaired) electrons. The number of benzene rings is 3. The van der Waals surface area contributed by atoms with Crippen LogP contribution in [-0.4, -0.2) is 17.4 Å². The molecule has 0 bridgehead atoms. The lowest BCUT2D eigenvalue weighted by Gasteiger charge is -2.15. The molecule has 0 aliphatic rings. The zero-order chi connectivity index (χ0) is 26.2. The average molecular weight is 547 g/mol. The van der Waals surface area contributed by atoms with Crippen LogP contribution < -0.4 is 14.8 Å². The second-order valence-electron chi connectivity index (χ2n) is 7.20. The Morgan fingerprint density at radius 2 is 1.86 bits per heavy atom. The minimum atomic E-state index is -0.693. The van der Waals surface area contributed by atoms with Crippen LogP contribution in [-0.2, 0) is 11.4 Å². The van der Waals surface area contributed by atoms with Gasteiger partial charge in [0.1, 0.15) is 18.2 Å². The number of amides is 1. The predicted octanol–water partition coefficient (Wildman–Crippen LogP) is 7.08. The van der Waals surface area contributed by atoms with Gasteiger partial charge in [-0.2, -0.15) is 5.26 Å². The van der Waals surface area contributed by atoms with Gasteiger partial charge in [-0.1, -0.05) is 53.0 Å². The first-order chi connectivity index (χ1) is 17.2. The van der Waals surface area contributed by atoms with Crippen molar-refractivity contribution in [2.75, 3.05) is 11.9 Å². The van der Waals surface area contributed by atoms with Crippen LogP contribution in [0.4, 0.5) is 11.4 Å². The third-order valence-electron chi connectivity index (χ3n) is 4.71. The lowest BCUT2D eigenvalue weighted by atomic mass is 10.1. The summed E-state index contributed by atoms with van der Waals surface area (Å²) in [5, 5.41) is 23.7. The van der Waals surface area contributed by atoms with Crippen LogP contribution in [0.15, 0.2) is 60.2 Å². The highest BCUT2D eigenvalue weighted by molar-refractivity contribution is 6.44. The first kappa shape index (κ1) is 26.8. The third-order valence-corrected chi connectivity index (χ3v) is 5.81. The summed E-state index contributed by atoms with van der Waals surface area (Å²) in [6, 6.07) is 15.7. The quantitative estimate of drug-likeness (QED) is 0.133. The van der Waals surface area contributed by atoms with Gasteiger partial charge >= 0.3 is 0 Å². The van der Waals surface area contributed by atoms with E-state index < -0.39 is 10.8 Å². The van der Waals surface area contributed by atoms with Gasteiger partial charge < -0.3 is 14.8 Å². The van der Waals surface area contributed by atoms with Crippen molar-refractivity contribution in [1.29, 1.82) is 5.26 Å². The summed E-state index contributed by atoms with van der Waals surface area (Å²) in [5.74, 6) is -0.199. The maximum atomic E-state index is 12.7. The molecular formula is C25H18Cl3N3O5. The molecule has 0 aliphatic carbocycles. The maximum Gasteiger partial charge on any atom is 0.269 e. The zero-order valence-corrected chi connectivity index (χ0v) is 21.0. The molecule has 0 unspecified atom stereocenters. The molecular weight excluding hydrogens is 529 g/mol. The number of nitro benzene ring substituents is 1. The normalized spacial score (nSPS) is 10.9. The number of ether oxygens (including phenoxy) is 2. The largest absolute Gasteiger partial charge is 0.490 e. The average Bonchev–Trinajstić information content (AvgIpc) is 2.85. The van der Waals surface area contributed by atoms with E-state index in [0.717, 1.165) is 0 Å². The van der Waals surface area contributed by atoms with Gasteiger partial charge in [0.2, 0.25) is 0 Å². The highest BCUT2D eigenvalue weighted by Gasteiger charge is 2.16. The summed E-state index contributed by atoms with van der Waals surface area (Å²) in [7, 11) is 0. The second kappa shape index (κ2) is 12.3. The molecule has 1 amide bonds. The Labute approximate surface area is 221 Å². The minimum absolute atomic E-state index is 0.00288. The molecule has 1 N–H and O–H groups in total. The number of anilines is 1. The van der Waals surface area contributed by atoms with Crippen LogP contribution in [0.3, 0.4) is 0 Å². The topological polar surface area (TPSA) is 114 Å². The smallest absolute Gasteiger partial charge is 0.269 e. The molecule has 11 heteroatoms. The molecule has 3 rings (SSSR count). The molecule has 36 heavy (non-hydrogen) atoms. The lowest BCUT2D eigenvalue weighted by molar-refractivity contribution is -0.384. The summed E-state index contributed by atoms with van der Waals surface area (Å²) in [6.45, 7) is 2.06. The van der Waals surface area contributed by atoms with E-state index in [1.807, 2.05) is 6.07 Å². The fourth-order valence-electron chi connectivity index (χ4n) is 3.09. The number of carbonyl (C=O) groups excluding carboxylic acids is 1. The Morgan fingerprint density at radius 3 is 2.56 bits per heavy atom. The number of non-ortho nitro benzene ring substituents is 1. The molecule has 3 aromatic rings. The Bertz CT molecular complexity index is 1390. The van der Waals surface area contributed by atoms with Crippen LogP contribution >= 0.6 is 34.8 Å². The maximum absolute atomic E-state index is 12.7. The van der Waals surface area contributed by atoms with Crippen molar-refractivity contribution < 1.29 is 19.2 Å². The van der Waals surface area contributed by atoms with E-state index in [4.69, 9.17) is 44.3 Å². The first-order valence-electron chi connectivity index (χ1n) is 10.4. The molecule has 184 valence electrons. The van der Waals surface area contributed by atoms with Crippen LogP contribution in [0.2, 0.25) is 15.1 Å². The fourth-order valence-corrected chi connectivity index (χ4v) is 3.72. The zero-order valence-electron chi connectivity index (χ0n) is 18.8. The number of nitrogens with zero attached hydrogens (tertiary/aromatic N) is 2. The first-order valence-corrected chi connectivity index (χ1v) is 11.6. The second-order valence-corrected chi connectivity index (χ2v) is 8.40. The Balaban J connectivity index is 1.86. The summed E-state index contributed by atoms with van der Waals surface area (Å²) in [5.41, 5.74) is 0.960. The molecule has 0 spiro atoms. The van der Waals surface area contributed by atoms with Gasteiger partial charge in [-0.3, -0.25) is 14.9 Å². The fraction of sp³-hybridized carbons (Fsp3) is 0.120. The number of halogens is 3. The van der Waals surface area contributed by atoms with E-state index in [-0.39, 0.29) is 56.7 Å². The number of hydrogen-bond acceptors (Lipinski definition) is 6. The van der Waals surface area contributed by atoms with Crippen molar-refractivity contribution in [3.05, 3.63) is 96.5 Å². The van der Waals surface area contributed by atoms with Gasteiger partial charge in [-0.05, 0) is 48.4 Å². The standard InChI is InChI=1S/C25H18Cl3N3O5/c1-2-35-22-12-16(9-17(13-29)25(32)30-21-8-4-7-19(26)23(21)28)11-20(27)24(22)36-14-15-5-3-6-18(10-15)31(33)34/h3-12H,2,14H2,1H3,(H,30,32)/b17-9-. The molecule has 0 saturated heterocycles. The van der Waals surface area contributed by atoms with Gasteiger partial charge in [0.25, 0.3) is 11.6 Å². The van der Waals surface area contributed by atoms with Crippen LogP contribution in [0, 0.1) is 21.4 Å². The van der Waals surface area contributed by atoms with Crippen LogP contribution in [0.25, 0.3) is 6.08 Å². The molecule has 0 atom stereocenters. The lowest BCUT2D eigenvalue weighted by Crippen LogP contribution is -2.13. The molecule has 0 aromatic heterocycles. The highest BCUT2D eigenvalue weighted by atomic mass is 35.5. The SMILES string of the molecule is CCOc1cc(/C=C(/C#N)C(=O)Nc2cccc(Cl)c2Cl)cc(Cl)c1OCc1cccc([N+](=O)[O-])c1. The van der Waals surface area contributed by atoms with E-state index in [1.165, 1.54) is 24.3 Å². The van der Waals surface area contributed by atoms with Gasteiger partial charge in [-0.15, -0.1) is 0 Å². The minimum Gasteiger partial charge on any atom is -0.490 e. The highest BCUT2D eigenvalue weighted by Crippen LogP contribution is 2.38. The number of carbonyl (C=O) groups is 1. The van der Waals surface area contributed by atoms with Crippen molar-refractivity contribution in [1.82, 2.24) is 0 Å². The van der Waals surface area contributed by atoms with E-state index in [0.29, 0.717) is 11.1 Å². The molecule has 0 fully saturated rings. The van der Waals surface area contributed by atoms with Gasteiger partial charge in [0.05, 0.1) is 32.3 Å². The van der Waals surface area contributed by atoms with E-state index in [9.17, 15) is 20.2 Å². The van der Waals surface area contributed by atoms with Gasteiger partial charge in [0, 0.05) is 12.1 Å². The Hall–Kier alpha value is -3.77. The molecule has 0 saturated carbocycles. The number of hydrogen-bond donors (Lipinski definition) is 1. The third kappa shape index (κ3) is 6.67. The van der Waals surface area contributed by atoms with Crippen molar-refractivity contribution in [3.63, 3.8) is 0 Å². The summed E-state index contributed by atoms with van der Waals surface area (Å²) in [6.07, 6.45) is 1.34. The van der Waals surface area contributed by atoms with E-state index in [1.54, 1.807) is 43.3 Å². The van der Waals surface area contributed by atoms with Crippen molar-refractivity contribution >= 4 is 58.2 Å². The summed E-state index contributed by atoms with van der Waals surface area (Å²) < 4.78 is 11.5. The van der Waals surface area contributed by atoms with Gasteiger partial charge in [-0.25, -0.2) is 0 Å². The number of nitro groups is 1. The number of nitriles is 1. The van der Waals surface area contributed by atoms with Gasteiger partial charge in [0.15, 0.2) is 11.5 Å². The van der Waals surface area contributed by atoms with E-state index in [2.05, 4.69) is 5.32 Å². The predicted molar refractivity (Wildman–Crippen MR) is 139 cm³/mol. The Morgan fingerprint density at radius 1 is 1.11 bits per heavy atom. The van der Waals surface area contributed by atoms with E-state index >= 15 is 0 Å². The van der Waals surface area contributed by atoms with Crippen molar-refractivity contribution in [3.8, 4) is 17.6 Å². The number of nitrogens with one attached hydrogen (secondary N) is 1. The van der Waals surface area contributed by atoms with Crippen molar-refractivity contribution in [2.45, 2.75) is 13.5 Å². The molecule has 3 aromatic carbocycles. The summed E-state index contributed by atoms with van der Waals surface area (Å²) >= 11 is 18.5. The Kier molecular flexibility index (Phi) is 9.14. The number of rotatable bonds is 9. The van der Waals surface area contributed by atoms with Crippen LogP contribution in [0.1, 0.15) is 18.1 Å². The summed E-state index contributed by atoms with van der Waals surface area (Å²) in [4.78, 5) is 23.2. The molecule has 8 nitrogen and oxygen atoms in total. The van der Waals surface area contributed by atoms with Crippen molar-refractivity contribution in [2.24, 2.45) is 0 Å². The molecule has 0 aliphatic heterocycles. The monoisotopic (exact) mass is 545 g/mol.